The fourth-order valence-electron chi connectivity index (χ4n) is 12.7. The molecule has 2 aliphatic carbocycles. The molecule has 352 valence electrons. The highest BCUT2D eigenvalue weighted by molar-refractivity contribution is 6.89. The van der Waals surface area contributed by atoms with Gasteiger partial charge in [-0.2, -0.15) is 9.13 Å². The maximum Gasteiger partial charge on any atom is 0.299 e. The molecule has 6 bridgehead atoms. The van der Waals surface area contributed by atoms with Crippen molar-refractivity contribution >= 4 is 46.2 Å². The number of furan rings is 1. The van der Waals surface area contributed by atoms with Crippen LogP contribution in [0.25, 0.3) is 83.6 Å². The van der Waals surface area contributed by atoms with Crippen molar-refractivity contribution in [3.63, 3.8) is 0 Å². The first kappa shape index (κ1) is 45.1. The van der Waals surface area contributed by atoms with Crippen molar-refractivity contribution in [2.24, 2.45) is 13.0 Å². The van der Waals surface area contributed by atoms with Crippen LogP contribution in [0.4, 0.5) is 0 Å². The summed E-state index contributed by atoms with van der Waals surface area (Å²) in [5.41, 5.74) is 22.3. The number of pyridine rings is 1. The first-order chi connectivity index (χ1) is 34.4. The summed E-state index contributed by atoms with van der Waals surface area (Å²) < 4.78 is 14.7. The summed E-state index contributed by atoms with van der Waals surface area (Å²) in [5.74, 6) is 1.91. The first-order valence-electron chi connectivity index (χ1n) is 26.0. The van der Waals surface area contributed by atoms with Crippen molar-refractivity contribution in [1.82, 2.24) is 4.57 Å². The molecule has 13 rings (SSSR count). The molecule has 0 fully saturated rings. The van der Waals surface area contributed by atoms with Crippen molar-refractivity contribution in [1.29, 1.82) is 0 Å². The van der Waals surface area contributed by atoms with Crippen LogP contribution >= 0.6 is 0 Å². The van der Waals surface area contributed by atoms with Crippen LogP contribution < -0.4 is 14.3 Å². The fourth-order valence-corrected chi connectivity index (χ4v) is 14.4. The van der Waals surface area contributed by atoms with E-state index in [9.17, 15) is 0 Å². The third-order valence-electron chi connectivity index (χ3n) is 16.1. The maximum atomic E-state index is 7.11. The van der Waals surface area contributed by atoms with Gasteiger partial charge in [0, 0.05) is 22.0 Å². The summed E-state index contributed by atoms with van der Waals surface area (Å²) in [6.07, 6.45) is 11.3. The van der Waals surface area contributed by atoms with E-state index in [-0.39, 0.29) is 12.0 Å². The van der Waals surface area contributed by atoms with Crippen molar-refractivity contribution < 1.29 is 13.6 Å². The van der Waals surface area contributed by atoms with E-state index in [1.807, 2.05) is 0 Å². The molecule has 0 N–H and O–H groups in total. The fraction of sp³-hybridized carbons (Fsp3) is 0.242. The topological polar surface area (TPSA) is 25.8 Å². The standard InChI is InChI=1S/C66H65N3OSi/c1-9-57-53(52-33-32-49-39-56(52)60-40-51(62(41-68(57)60)71(6,7)8)36-42(2)18-17-19-45-26-28-47(49)29-27-45)34-30-48-31-35-55-54-22-13-16-25-61(54)70-65(55)63(48)66-67(5)58-23-14-15-24-59(58)69(66)64-43(3)37-50(38-44(64)4)46-20-11-10-12-21-46/h9-16,20-29,31-33,35,37-42,53,57H,1,17-19,30,34,36H2,2-8H3/q+2. The maximum absolute atomic E-state index is 7.11. The third-order valence-corrected chi connectivity index (χ3v) is 18.2. The average Bonchev–Trinajstić information content (AvgIpc) is 3.89. The van der Waals surface area contributed by atoms with Crippen LogP contribution in [-0.2, 0) is 26.3 Å². The smallest absolute Gasteiger partial charge is 0.299 e. The molecule has 10 aromatic rings. The minimum atomic E-state index is -1.75. The summed E-state index contributed by atoms with van der Waals surface area (Å²) >= 11 is 0. The molecule has 4 heterocycles. The zero-order valence-electron chi connectivity index (χ0n) is 42.5. The van der Waals surface area contributed by atoms with Crippen LogP contribution in [0, 0.1) is 19.8 Å². The lowest BCUT2D eigenvalue weighted by atomic mass is 9.78. The van der Waals surface area contributed by atoms with E-state index in [0.29, 0.717) is 5.92 Å². The van der Waals surface area contributed by atoms with E-state index >= 15 is 0 Å². The quantitative estimate of drug-likeness (QED) is 0.0847. The van der Waals surface area contributed by atoms with E-state index in [4.69, 9.17) is 4.42 Å². The Bertz CT molecular complexity index is 3690. The molecule has 0 spiro atoms. The number of aryl methyl sites for hydroxylation is 5. The number of fused-ring (bicyclic) bond motifs is 10. The summed E-state index contributed by atoms with van der Waals surface area (Å²) in [4.78, 5) is 0. The largest absolute Gasteiger partial charge is 0.455 e. The summed E-state index contributed by atoms with van der Waals surface area (Å²) in [5, 5.41) is 3.86. The number of imidazole rings is 1. The Morgan fingerprint density at radius 3 is 2.24 bits per heavy atom. The van der Waals surface area contributed by atoms with E-state index in [1.165, 1.54) is 90.9 Å². The van der Waals surface area contributed by atoms with Gasteiger partial charge < -0.3 is 4.42 Å². The third kappa shape index (κ3) is 7.72. The van der Waals surface area contributed by atoms with Gasteiger partial charge in [-0.05, 0) is 150 Å². The Morgan fingerprint density at radius 1 is 0.746 bits per heavy atom. The lowest BCUT2D eigenvalue weighted by Crippen LogP contribution is -2.53. The number of benzene rings is 7. The van der Waals surface area contributed by atoms with Crippen LogP contribution in [0.2, 0.25) is 19.6 Å². The second-order valence-electron chi connectivity index (χ2n) is 21.9. The number of allylic oxidation sites excluding steroid dienone is 1. The summed E-state index contributed by atoms with van der Waals surface area (Å²) in [6.45, 7) is 19.2. The highest BCUT2D eigenvalue weighted by Crippen LogP contribution is 2.46. The second kappa shape index (κ2) is 17.6. The van der Waals surface area contributed by atoms with Crippen molar-refractivity contribution in [3.05, 3.63) is 204 Å². The Kier molecular flexibility index (Phi) is 11.2. The number of rotatable bonds is 8. The molecule has 3 aromatic heterocycles. The molecule has 7 aromatic carbocycles. The van der Waals surface area contributed by atoms with Crippen LogP contribution in [0.3, 0.4) is 0 Å². The molecule has 3 aliphatic rings. The predicted molar refractivity (Wildman–Crippen MR) is 299 cm³/mol. The van der Waals surface area contributed by atoms with E-state index in [2.05, 4.69) is 232 Å². The SMILES string of the molecule is C=CC1C(CCc2ccc3c(oc4ccccc43)c2-c2n(-c3c(C)cc(-c4ccccc4)cc3C)c3ccccc3[n+]2C)c2ccc3cc2-c2cc(c([Si](C)(C)C)c[n+]21)CC(C)CCCc1ccc-3cc1. The van der Waals surface area contributed by atoms with Gasteiger partial charge in [-0.15, -0.1) is 0 Å². The molecule has 0 amide bonds. The molecule has 3 atom stereocenters. The molecule has 0 saturated carbocycles. The number of nitrogens with zero attached hydrogens (tertiary/aromatic N) is 3. The zero-order chi connectivity index (χ0) is 48.7. The van der Waals surface area contributed by atoms with Gasteiger partial charge in [0.1, 0.15) is 16.8 Å². The van der Waals surface area contributed by atoms with Crippen LogP contribution in [0.15, 0.2) is 175 Å². The Balaban J connectivity index is 1.05. The lowest BCUT2D eigenvalue weighted by molar-refractivity contribution is -0.706. The first-order valence-corrected chi connectivity index (χ1v) is 29.5. The van der Waals surface area contributed by atoms with Gasteiger partial charge in [0.05, 0.1) is 26.6 Å². The van der Waals surface area contributed by atoms with Crippen molar-refractivity contribution in [3.8, 4) is 50.6 Å². The van der Waals surface area contributed by atoms with E-state index in [1.54, 1.807) is 10.8 Å². The lowest BCUT2D eigenvalue weighted by Gasteiger charge is -2.32. The van der Waals surface area contributed by atoms with Gasteiger partial charge >= 0.3 is 0 Å². The number of hydrogen-bond donors (Lipinski definition) is 0. The molecule has 1 aliphatic heterocycles. The minimum absolute atomic E-state index is 0.0839. The second-order valence-corrected chi connectivity index (χ2v) is 27.0. The van der Waals surface area contributed by atoms with Gasteiger partial charge in [0.25, 0.3) is 5.82 Å². The Labute approximate surface area is 420 Å². The highest BCUT2D eigenvalue weighted by atomic mass is 28.3. The van der Waals surface area contributed by atoms with Gasteiger partial charge in [0.15, 0.2) is 28.9 Å². The average molecular weight is 944 g/mol. The summed E-state index contributed by atoms with van der Waals surface area (Å²) in [7, 11) is 0.483. The van der Waals surface area contributed by atoms with Crippen LogP contribution in [0.5, 0.6) is 0 Å². The number of aromatic nitrogens is 3. The predicted octanol–water partition coefficient (Wildman–Crippen LogP) is 15.4. The van der Waals surface area contributed by atoms with Crippen LogP contribution in [-0.4, -0.2) is 12.6 Å². The van der Waals surface area contributed by atoms with E-state index < -0.39 is 8.07 Å². The molecule has 0 saturated heterocycles. The summed E-state index contributed by atoms with van der Waals surface area (Å²) in [6, 6.07) is 57.0. The van der Waals surface area contributed by atoms with Crippen LogP contribution in [0.1, 0.15) is 71.5 Å². The van der Waals surface area contributed by atoms with Gasteiger partial charge in [0.2, 0.25) is 5.69 Å². The normalized spacial score (nSPS) is 16.7. The minimum Gasteiger partial charge on any atom is -0.455 e. The monoisotopic (exact) mass is 943 g/mol. The zero-order valence-corrected chi connectivity index (χ0v) is 43.5. The number of para-hydroxylation sites is 3. The molecule has 71 heavy (non-hydrogen) atoms. The molecule has 0 radical (unpaired) electrons. The Hall–Kier alpha value is -7.08. The molecular weight excluding hydrogens is 879 g/mol. The molecule has 4 nitrogen and oxygen atoms in total. The van der Waals surface area contributed by atoms with Gasteiger partial charge in [-0.25, -0.2) is 4.57 Å². The van der Waals surface area contributed by atoms with Crippen molar-refractivity contribution in [2.75, 3.05) is 0 Å². The molecular formula is C66H65N3OSi+2. The molecule has 3 unspecified atom stereocenters. The molecule has 5 heteroatoms. The number of hydrogen-bond acceptors (Lipinski definition) is 1. The van der Waals surface area contributed by atoms with Crippen molar-refractivity contribution in [2.45, 2.75) is 90.9 Å². The van der Waals surface area contributed by atoms with E-state index in [0.717, 1.165) is 59.0 Å². The Morgan fingerprint density at radius 2 is 1.46 bits per heavy atom. The van der Waals surface area contributed by atoms with Gasteiger partial charge in [-0.1, -0.05) is 149 Å². The highest BCUT2D eigenvalue weighted by Gasteiger charge is 2.41. The van der Waals surface area contributed by atoms with Gasteiger partial charge in [-0.3, -0.25) is 0 Å².